The molecule has 2 fully saturated rings. The number of likely N-dealkylation sites (tertiary alicyclic amines) is 2. The number of thiazole rings is 1. The fraction of sp³-hybridized carbons (Fsp3) is 0.579. The number of hydrogen-bond donors (Lipinski definition) is 1. The van der Waals surface area contributed by atoms with Crippen LogP contribution >= 0.6 is 22.9 Å². The Morgan fingerprint density at radius 2 is 1.93 bits per heavy atom. The molecule has 0 unspecified atom stereocenters. The average molecular weight is 421 g/mol. The Bertz CT molecular complexity index is 809. The number of aryl methyl sites for hydroxylation is 1. The van der Waals surface area contributed by atoms with Gasteiger partial charge < -0.3 is 15.1 Å². The van der Waals surface area contributed by atoms with E-state index in [4.69, 9.17) is 11.6 Å². The van der Waals surface area contributed by atoms with E-state index in [0.29, 0.717) is 27.8 Å². The summed E-state index contributed by atoms with van der Waals surface area (Å²) in [5.41, 5.74) is 0. The molecule has 28 heavy (non-hydrogen) atoms. The molecule has 1 N–H and O–H groups in total. The Kier molecular flexibility index (Phi) is 6.08. The van der Waals surface area contributed by atoms with Gasteiger partial charge in [-0.1, -0.05) is 29.4 Å². The Morgan fingerprint density at radius 3 is 2.64 bits per heavy atom. The van der Waals surface area contributed by atoms with Gasteiger partial charge in [0.25, 0.3) is 5.91 Å². The molecule has 2 saturated heterocycles. The molecular formula is C19H25ClN6OS. The predicted molar refractivity (Wildman–Crippen MR) is 112 cm³/mol. The molecule has 0 atom stereocenters. The van der Waals surface area contributed by atoms with Crippen molar-refractivity contribution in [3.8, 4) is 0 Å². The average Bonchev–Trinajstić information content (AvgIpc) is 3.16. The van der Waals surface area contributed by atoms with Crippen LogP contribution in [0, 0.1) is 6.92 Å². The molecule has 0 spiro atoms. The Labute approximate surface area is 174 Å². The van der Waals surface area contributed by atoms with E-state index in [0.717, 1.165) is 30.9 Å². The summed E-state index contributed by atoms with van der Waals surface area (Å²) in [6.07, 6.45) is 7.76. The molecule has 150 valence electrons. The lowest BCUT2D eigenvalue weighted by atomic mass is 10.00. The summed E-state index contributed by atoms with van der Waals surface area (Å²) in [6, 6.07) is 2.28. The number of nitrogens with one attached hydrogen (secondary N) is 1. The monoisotopic (exact) mass is 420 g/mol. The van der Waals surface area contributed by atoms with Gasteiger partial charge in [0.05, 0.1) is 6.20 Å². The van der Waals surface area contributed by atoms with E-state index in [2.05, 4.69) is 25.2 Å². The third kappa shape index (κ3) is 4.61. The van der Waals surface area contributed by atoms with Crippen molar-refractivity contribution in [1.29, 1.82) is 0 Å². The van der Waals surface area contributed by atoms with E-state index < -0.39 is 0 Å². The summed E-state index contributed by atoms with van der Waals surface area (Å²) in [5.74, 6) is 1.21. The number of carbonyl (C=O) groups is 1. The van der Waals surface area contributed by atoms with E-state index in [-0.39, 0.29) is 5.91 Å². The van der Waals surface area contributed by atoms with Gasteiger partial charge in [0.15, 0.2) is 5.01 Å². The summed E-state index contributed by atoms with van der Waals surface area (Å²) in [5, 5.41) is 4.81. The first-order valence-corrected chi connectivity index (χ1v) is 11.1. The van der Waals surface area contributed by atoms with Gasteiger partial charge in [-0.2, -0.15) is 0 Å². The first-order valence-electron chi connectivity index (χ1n) is 9.86. The van der Waals surface area contributed by atoms with Crippen molar-refractivity contribution < 1.29 is 4.79 Å². The molecule has 0 aliphatic carbocycles. The lowest BCUT2D eigenvalue weighted by molar-refractivity contribution is 0.0589. The van der Waals surface area contributed by atoms with Crippen LogP contribution in [0.3, 0.4) is 0 Å². The zero-order chi connectivity index (χ0) is 19.5. The number of hydrogen-bond acceptors (Lipinski definition) is 7. The van der Waals surface area contributed by atoms with Crippen molar-refractivity contribution in [2.24, 2.45) is 0 Å². The maximum absolute atomic E-state index is 12.8. The molecule has 0 radical (unpaired) electrons. The highest BCUT2D eigenvalue weighted by Gasteiger charge is 2.29. The number of carbonyl (C=O) groups excluding carboxylic acids is 1. The van der Waals surface area contributed by atoms with Crippen LogP contribution < -0.4 is 5.32 Å². The molecule has 2 aliphatic heterocycles. The molecule has 2 aromatic rings. The summed E-state index contributed by atoms with van der Waals surface area (Å²) in [6.45, 7) is 5.83. The van der Waals surface area contributed by atoms with Crippen molar-refractivity contribution in [3.63, 3.8) is 0 Å². The van der Waals surface area contributed by atoms with Crippen LogP contribution in [0.2, 0.25) is 5.15 Å². The zero-order valence-corrected chi connectivity index (χ0v) is 17.6. The number of amides is 1. The Morgan fingerprint density at radius 1 is 1.18 bits per heavy atom. The summed E-state index contributed by atoms with van der Waals surface area (Å²) in [4.78, 5) is 30.1. The van der Waals surface area contributed by atoms with Crippen LogP contribution in [0.15, 0.2) is 12.3 Å². The largest absolute Gasteiger partial charge is 0.336 e. The SMILES string of the molecule is Cc1nc(Cl)cc(Nc2cnc(C(=O)N3CCC(N4CCCCC4)CC3)s2)n1. The Hall–Kier alpha value is -1.77. The molecule has 4 heterocycles. The summed E-state index contributed by atoms with van der Waals surface area (Å²) < 4.78 is 0. The number of halogens is 1. The first-order chi connectivity index (χ1) is 13.6. The molecule has 0 saturated carbocycles. The minimum absolute atomic E-state index is 0.0204. The second-order valence-electron chi connectivity index (χ2n) is 7.40. The van der Waals surface area contributed by atoms with Gasteiger partial charge in [-0.3, -0.25) is 4.79 Å². The molecule has 2 aliphatic rings. The van der Waals surface area contributed by atoms with Gasteiger partial charge in [0, 0.05) is 25.2 Å². The number of rotatable bonds is 4. The maximum atomic E-state index is 12.8. The van der Waals surface area contributed by atoms with Crippen molar-refractivity contribution in [2.75, 3.05) is 31.5 Å². The van der Waals surface area contributed by atoms with Crippen LogP contribution in [0.4, 0.5) is 10.8 Å². The highest BCUT2D eigenvalue weighted by atomic mass is 35.5. The maximum Gasteiger partial charge on any atom is 0.282 e. The summed E-state index contributed by atoms with van der Waals surface area (Å²) in [7, 11) is 0. The zero-order valence-electron chi connectivity index (χ0n) is 16.0. The molecule has 4 rings (SSSR count). The topological polar surface area (TPSA) is 74.2 Å². The normalized spacial score (nSPS) is 19.0. The van der Waals surface area contributed by atoms with E-state index in [1.54, 1.807) is 19.2 Å². The van der Waals surface area contributed by atoms with E-state index >= 15 is 0 Å². The van der Waals surface area contributed by atoms with Gasteiger partial charge in [-0.15, -0.1) is 0 Å². The predicted octanol–water partition coefficient (Wildman–Crippen LogP) is 3.73. The van der Waals surface area contributed by atoms with Crippen molar-refractivity contribution in [1.82, 2.24) is 24.8 Å². The highest BCUT2D eigenvalue weighted by molar-refractivity contribution is 7.17. The number of piperidine rings is 2. The minimum Gasteiger partial charge on any atom is -0.336 e. The molecule has 9 heteroatoms. The molecule has 1 amide bonds. The number of aromatic nitrogens is 3. The van der Waals surface area contributed by atoms with E-state index in [1.807, 2.05) is 4.90 Å². The second-order valence-corrected chi connectivity index (χ2v) is 8.82. The molecular weight excluding hydrogens is 396 g/mol. The smallest absolute Gasteiger partial charge is 0.282 e. The standard InChI is InChI=1S/C19H25ClN6OS/c1-13-22-15(20)11-16(23-13)24-17-12-21-18(28-17)19(27)26-9-5-14(6-10-26)25-7-3-2-4-8-25/h11-12,14H,2-10H2,1H3,(H,22,23,24). The van der Waals surface area contributed by atoms with Crippen LogP contribution in [-0.2, 0) is 0 Å². The number of nitrogens with zero attached hydrogens (tertiary/aromatic N) is 5. The lowest BCUT2D eigenvalue weighted by Crippen LogP contribution is -2.48. The fourth-order valence-electron chi connectivity index (χ4n) is 4.01. The van der Waals surface area contributed by atoms with Crippen LogP contribution in [0.5, 0.6) is 0 Å². The van der Waals surface area contributed by atoms with Gasteiger partial charge in [-0.05, 0) is 45.7 Å². The van der Waals surface area contributed by atoms with Gasteiger partial charge >= 0.3 is 0 Å². The van der Waals surface area contributed by atoms with Crippen LogP contribution in [0.1, 0.15) is 47.7 Å². The van der Waals surface area contributed by atoms with Crippen molar-refractivity contribution >= 4 is 39.7 Å². The first kappa shape index (κ1) is 19.5. The Balaban J connectivity index is 1.34. The third-order valence-electron chi connectivity index (χ3n) is 5.41. The van der Waals surface area contributed by atoms with Gasteiger partial charge in [0.2, 0.25) is 0 Å². The van der Waals surface area contributed by atoms with E-state index in [1.165, 1.54) is 43.7 Å². The van der Waals surface area contributed by atoms with E-state index in [9.17, 15) is 4.79 Å². The highest BCUT2D eigenvalue weighted by Crippen LogP contribution is 2.26. The van der Waals surface area contributed by atoms with Crippen molar-refractivity contribution in [2.45, 2.75) is 45.1 Å². The van der Waals surface area contributed by atoms with Crippen molar-refractivity contribution in [3.05, 3.63) is 28.2 Å². The molecule has 0 aromatic carbocycles. The lowest BCUT2D eigenvalue weighted by Gasteiger charge is -2.40. The number of anilines is 2. The fourth-order valence-corrected chi connectivity index (χ4v) is 5.02. The summed E-state index contributed by atoms with van der Waals surface area (Å²) >= 11 is 7.32. The molecule has 0 bridgehead atoms. The molecule has 2 aromatic heterocycles. The molecule has 7 nitrogen and oxygen atoms in total. The van der Waals surface area contributed by atoms with Crippen LogP contribution in [-0.4, -0.2) is 62.9 Å². The quantitative estimate of drug-likeness (QED) is 0.759. The van der Waals surface area contributed by atoms with Gasteiger partial charge in [0.1, 0.15) is 21.8 Å². The van der Waals surface area contributed by atoms with Gasteiger partial charge in [-0.25, -0.2) is 15.0 Å². The van der Waals surface area contributed by atoms with Crippen LogP contribution in [0.25, 0.3) is 0 Å². The second kappa shape index (κ2) is 8.71. The third-order valence-corrected chi connectivity index (χ3v) is 6.50. The minimum atomic E-state index is 0.0204.